The van der Waals surface area contributed by atoms with Gasteiger partial charge < -0.3 is 19.3 Å². The van der Waals surface area contributed by atoms with Gasteiger partial charge in [-0.1, -0.05) is 41.6 Å². The fourth-order valence-electron chi connectivity index (χ4n) is 4.20. The zero-order valence-electron chi connectivity index (χ0n) is 19.0. The summed E-state index contributed by atoms with van der Waals surface area (Å²) in [6.45, 7) is 2.67. The molecule has 8 heteroatoms. The number of hydrogen-bond donors (Lipinski definition) is 1. The minimum atomic E-state index is -1.05. The van der Waals surface area contributed by atoms with Gasteiger partial charge in [-0.2, -0.15) is 4.98 Å². The fraction of sp³-hybridized carbons (Fsp3) is 0.185. The van der Waals surface area contributed by atoms with Gasteiger partial charge in [-0.15, -0.1) is 0 Å². The number of amides is 1. The molecule has 176 valence electrons. The van der Waals surface area contributed by atoms with E-state index in [1.807, 2.05) is 30.3 Å². The van der Waals surface area contributed by atoms with E-state index in [4.69, 9.17) is 9.26 Å². The molecule has 0 spiro atoms. The third kappa shape index (κ3) is 4.91. The van der Waals surface area contributed by atoms with Crippen molar-refractivity contribution in [1.29, 1.82) is 0 Å². The molecule has 0 saturated carbocycles. The van der Waals surface area contributed by atoms with Gasteiger partial charge in [-0.25, -0.2) is 4.79 Å². The number of aromatic carboxylic acids is 1. The first-order valence-electron chi connectivity index (χ1n) is 11.2. The predicted molar refractivity (Wildman–Crippen MR) is 127 cm³/mol. The van der Waals surface area contributed by atoms with Gasteiger partial charge in [0.05, 0.1) is 5.56 Å². The lowest BCUT2D eigenvalue weighted by Gasteiger charge is -2.20. The van der Waals surface area contributed by atoms with Crippen LogP contribution in [0.5, 0.6) is 11.5 Å². The monoisotopic (exact) mass is 469 g/mol. The number of carboxylic acid groups (broad SMARTS) is 1. The molecule has 1 aliphatic heterocycles. The molecule has 2 heterocycles. The maximum atomic E-state index is 12.8. The van der Waals surface area contributed by atoms with Crippen molar-refractivity contribution < 1.29 is 24.0 Å². The van der Waals surface area contributed by atoms with Gasteiger partial charge in [0.15, 0.2) is 5.82 Å². The van der Waals surface area contributed by atoms with Crippen LogP contribution in [0.2, 0.25) is 0 Å². The number of benzene rings is 3. The van der Waals surface area contributed by atoms with Crippen LogP contribution >= 0.6 is 0 Å². The van der Waals surface area contributed by atoms with Crippen molar-refractivity contribution in [2.75, 3.05) is 6.54 Å². The normalized spacial score (nSPS) is 15.4. The van der Waals surface area contributed by atoms with E-state index in [-0.39, 0.29) is 17.4 Å². The lowest BCUT2D eigenvalue weighted by atomic mass is 9.98. The van der Waals surface area contributed by atoms with Crippen molar-refractivity contribution in [2.24, 2.45) is 0 Å². The molecule has 4 aromatic rings. The van der Waals surface area contributed by atoms with Crippen molar-refractivity contribution in [3.63, 3.8) is 0 Å². The highest BCUT2D eigenvalue weighted by atomic mass is 16.5. The van der Waals surface area contributed by atoms with Crippen LogP contribution in [0.15, 0.2) is 77.3 Å². The van der Waals surface area contributed by atoms with Crippen molar-refractivity contribution in [3.8, 4) is 23.0 Å². The highest BCUT2D eigenvalue weighted by Crippen LogP contribution is 2.33. The number of aromatic nitrogens is 2. The first-order valence-corrected chi connectivity index (χ1v) is 11.2. The number of likely N-dealkylation sites (tertiary alicyclic amines) is 1. The van der Waals surface area contributed by atoms with Crippen molar-refractivity contribution in [3.05, 3.63) is 95.3 Å². The van der Waals surface area contributed by atoms with Crippen molar-refractivity contribution in [1.82, 2.24) is 15.0 Å². The molecule has 0 aliphatic carbocycles. The quantitative estimate of drug-likeness (QED) is 0.404. The van der Waals surface area contributed by atoms with Crippen LogP contribution in [0, 0.1) is 6.92 Å². The van der Waals surface area contributed by atoms with Crippen LogP contribution < -0.4 is 4.74 Å². The van der Waals surface area contributed by atoms with E-state index in [0.717, 1.165) is 16.7 Å². The van der Waals surface area contributed by atoms with Gasteiger partial charge in [0.1, 0.15) is 11.5 Å². The summed E-state index contributed by atoms with van der Waals surface area (Å²) in [5, 5.41) is 13.3. The van der Waals surface area contributed by atoms with E-state index in [2.05, 4.69) is 10.1 Å². The van der Waals surface area contributed by atoms with E-state index in [9.17, 15) is 14.7 Å². The summed E-state index contributed by atoms with van der Waals surface area (Å²) in [6.07, 6.45) is 0.448. The molecule has 35 heavy (non-hydrogen) atoms. The zero-order chi connectivity index (χ0) is 24.4. The van der Waals surface area contributed by atoms with Crippen LogP contribution in [0.4, 0.5) is 0 Å². The molecule has 0 radical (unpaired) electrons. The second-order valence-corrected chi connectivity index (χ2v) is 8.49. The van der Waals surface area contributed by atoms with Crippen LogP contribution in [-0.4, -0.2) is 38.6 Å². The third-order valence-corrected chi connectivity index (χ3v) is 6.02. The number of ether oxygens (including phenoxy) is 1. The molecule has 5 rings (SSSR count). The summed E-state index contributed by atoms with van der Waals surface area (Å²) in [5.41, 5.74) is 2.72. The Morgan fingerprint density at radius 2 is 1.89 bits per heavy atom. The molecule has 1 atom stereocenters. The van der Waals surface area contributed by atoms with Gasteiger partial charge in [-0.3, -0.25) is 4.79 Å². The molecule has 1 amide bonds. The summed E-state index contributed by atoms with van der Waals surface area (Å²) >= 11 is 0. The highest BCUT2D eigenvalue weighted by Gasteiger charge is 2.31. The molecule has 1 N–H and O–H groups in total. The van der Waals surface area contributed by atoms with E-state index in [0.29, 0.717) is 42.7 Å². The topological polar surface area (TPSA) is 106 Å². The first-order chi connectivity index (χ1) is 17.0. The molecule has 1 fully saturated rings. The second-order valence-electron chi connectivity index (χ2n) is 8.49. The average Bonchev–Trinajstić information content (AvgIpc) is 3.46. The number of aryl methyl sites for hydroxylation is 1. The summed E-state index contributed by atoms with van der Waals surface area (Å²) in [5.74, 6) is 0.999. The Kier molecular flexibility index (Phi) is 6.01. The first kappa shape index (κ1) is 22.3. The lowest BCUT2D eigenvalue weighted by Crippen LogP contribution is -2.24. The smallest absolute Gasteiger partial charge is 0.335 e. The van der Waals surface area contributed by atoms with Crippen LogP contribution in [0.25, 0.3) is 11.5 Å². The van der Waals surface area contributed by atoms with Gasteiger partial charge in [0.25, 0.3) is 5.89 Å². The molecule has 0 bridgehead atoms. The Bertz CT molecular complexity index is 1370. The number of hydrogen-bond acceptors (Lipinski definition) is 6. The Morgan fingerprint density at radius 3 is 2.57 bits per heavy atom. The Hall–Kier alpha value is -4.46. The minimum absolute atomic E-state index is 0.0614. The van der Waals surface area contributed by atoms with E-state index < -0.39 is 5.97 Å². The highest BCUT2D eigenvalue weighted by molar-refractivity contribution is 5.88. The molecule has 3 aromatic carbocycles. The lowest BCUT2D eigenvalue weighted by molar-refractivity contribution is -0.128. The molecular formula is C27H23N3O5. The minimum Gasteiger partial charge on any atom is -0.478 e. The second kappa shape index (κ2) is 9.42. The maximum absolute atomic E-state index is 12.8. The van der Waals surface area contributed by atoms with E-state index >= 15 is 0 Å². The predicted octanol–water partition coefficient (Wildman–Crippen LogP) is 5.05. The van der Waals surface area contributed by atoms with Crippen LogP contribution in [0.1, 0.15) is 39.6 Å². The van der Waals surface area contributed by atoms with Crippen LogP contribution in [-0.2, 0) is 11.3 Å². The van der Waals surface area contributed by atoms with Gasteiger partial charge >= 0.3 is 5.97 Å². The summed E-state index contributed by atoms with van der Waals surface area (Å²) in [4.78, 5) is 30.3. The van der Waals surface area contributed by atoms with E-state index in [1.54, 1.807) is 42.2 Å². The van der Waals surface area contributed by atoms with Gasteiger partial charge in [0.2, 0.25) is 5.91 Å². The number of nitrogens with zero attached hydrogens (tertiary/aromatic N) is 3. The molecule has 1 aliphatic rings. The molecule has 8 nitrogen and oxygen atoms in total. The Labute approximate surface area is 201 Å². The Morgan fingerprint density at radius 1 is 1.11 bits per heavy atom. The number of rotatable bonds is 7. The van der Waals surface area contributed by atoms with Gasteiger partial charge in [-0.05, 0) is 48.9 Å². The largest absolute Gasteiger partial charge is 0.478 e. The maximum Gasteiger partial charge on any atom is 0.335 e. The summed E-state index contributed by atoms with van der Waals surface area (Å²) < 4.78 is 11.3. The van der Waals surface area contributed by atoms with Crippen molar-refractivity contribution >= 4 is 11.9 Å². The summed E-state index contributed by atoms with van der Waals surface area (Å²) in [6, 6.07) is 21.8. The molecule has 0 unspecified atom stereocenters. The zero-order valence-corrected chi connectivity index (χ0v) is 19.0. The van der Waals surface area contributed by atoms with Gasteiger partial charge in [0, 0.05) is 36.6 Å². The third-order valence-electron chi connectivity index (χ3n) is 6.02. The van der Waals surface area contributed by atoms with Crippen molar-refractivity contribution in [2.45, 2.75) is 25.8 Å². The van der Waals surface area contributed by atoms with Crippen LogP contribution in [0.3, 0.4) is 0 Å². The Balaban J connectivity index is 1.37. The average molecular weight is 469 g/mol. The fourth-order valence-corrected chi connectivity index (χ4v) is 4.20. The molecular weight excluding hydrogens is 446 g/mol. The number of carbonyl (C=O) groups excluding carboxylic acids is 1. The number of carboxylic acids is 1. The summed E-state index contributed by atoms with van der Waals surface area (Å²) in [7, 11) is 0. The number of carbonyl (C=O) groups is 2. The standard InChI is InChI=1S/C27H23N3O5/c1-17-28-26(35-29-17)19-9-11-23(12-10-19)34-24-13-20(27(32)33)7-8-21(24)15-30-16-22(14-25(30)31)18-5-3-2-4-6-18/h2-13,22H,14-16H2,1H3,(H,32,33)/t22-/m1/s1. The molecule has 1 saturated heterocycles. The van der Waals surface area contributed by atoms with E-state index in [1.165, 1.54) is 12.1 Å². The molecule has 1 aromatic heterocycles. The SMILES string of the molecule is Cc1noc(-c2ccc(Oc3cc(C(=O)O)ccc3CN3C[C@H](c4ccccc4)CC3=O)cc2)n1.